The van der Waals surface area contributed by atoms with Crippen LogP contribution in [-0.2, 0) is 4.74 Å². The molecule has 20 heavy (non-hydrogen) atoms. The van der Waals surface area contributed by atoms with E-state index in [1.165, 1.54) is 45.2 Å². The molecule has 3 nitrogen and oxygen atoms in total. The Morgan fingerprint density at radius 3 is 2.35 bits per heavy atom. The molecule has 1 saturated carbocycles. The van der Waals surface area contributed by atoms with Crippen molar-refractivity contribution in [1.29, 1.82) is 0 Å². The highest BCUT2D eigenvalue weighted by atomic mass is 16.5. The highest BCUT2D eigenvalue weighted by Crippen LogP contribution is 2.44. The van der Waals surface area contributed by atoms with Crippen LogP contribution in [0.1, 0.15) is 52.9 Å². The van der Waals surface area contributed by atoms with Gasteiger partial charge in [-0.05, 0) is 55.9 Å². The lowest BCUT2D eigenvalue weighted by Crippen LogP contribution is -2.55. The van der Waals surface area contributed by atoms with Crippen molar-refractivity contribution in [2.45, 2.75) is 58.4 Å². The third kappa shape index (κ3) is 3.37. The Morgan fingerprint density at radius 1 is 1.20 bits per heavy atom. The molecule has 1 unspecified atom stereocenters. The van der Waals surface area contributed by atoms with Crippen LogP contribution in [0.5, 0.6) is 0 Å². The van der Waals surface area contributed by atoms with E-state index >= 15 is 0 Å². The minimum absolute atomic E-state index is 0.282. The zero-order valence-electron chi connectivity index (χ0n) is 14.0. The SMILES string of the molecule is COCC1CCN(C2(CN)CCC(C(C)(C)C)CC2)C1. The molecular formula is C17H34N2O. The molecule has 3 heteroatoms. The summed E-state index contributed by atoms with van der Waals surface area (Å²) in [6.45, 7) is 11.3. The number of ether oxygens (including phenoxy) is 1. The third-order valence-corrected chi connectivity index (χ3v) is 5.88. The van der Waals surface area contributed by atoms with Gasteiger partial charge in [0.25, 0.3) is 0 Å². The van der Waals surface area contributed by atoms with Gasteiger partial charge in [0.2, 0.25) is 0 Å². The fourth-order valence-electron chi connectivity index (χ4n) is 4.31. The molecule has 0 bridgehead atoms. The zero-order valence-corrected chi connectivity index (χ0v) is 14.0. The van der Waals surface area contributed by atoms with E-state index in [9.17, 15) is 0 Å². The summed E-state index contributed by atoms with van der Waals surface area (Å²) in [7, 11) is 1.82. The van der Waals surface area contributed by atoms with Gasteiger partial charge in [-0.3, -0.25) is 4.90 Å². The fourth-order valence-corrected chi connectivity index (χ4v) is 4.31. The number of likely N-dealkylation sites (tertiary alicyclic amines) is 1. The smallest absolute Gasteiger partial charge is 0.0503 e. The van der Waals surface area contributed by atoms with Gasteiger partial charge in [0.15, 0.2) is 0 Å². The first-order valence-electron chi connectivity index (χ1n) is 8.35. The van der Waals surface area contributed by atoms with E-state index in [-0.39, 0.29) is 5.54 Å². The molecule has 118 valence electrons. The van der Waals surface area contributed by atoms with Crippen LogP contribution >= 0.6 is 0 Å². The van der Waals surface area contributed by atoms with Gasteiger partial charge in [0.05, 0.1) is 6.61 Å². The second-order valence-electron chi connectivity index (χ2n) is 8.12. The van der Waals surface area contributed by atoms with Gasteiger partial charge in [-0.2, -0.15) is 0 Å². The largest absolute Gasteiger partial charge is 0.384 e. The molecule has 0 spiro atoms. The molecule has 0 aromatic rings. The number of rotatable bonds is 4. The Balaban J connectivity index is 1.95. The van der Waals surface area contributed by atoms with Crippen LogP contribution in [0.2, 0.25) is 0 Å². The van der Waals surface area contributed by atoms with E-state index in [2.05, 4.69) is 25.7 Å². The van der Waals surface area contributed by atoms with Crippen LogP contribution < -0.4 is 5.73 Å². The summed E-state index contributed by atoms with van der Waals surface area (Å²) in [5, 5.41) is 0. The molecule has 0 amide bonds. The summed E-state index contributed by atoms with van der Waals surface area (Å²) >= 11 is 0. The lowest BCUT2D eigenvalue weighted by molar-refractivity contribution is 0.0313. The number of nitrogens with zero attached hydrogens (tertiary/aromatic N) is 1. The second kappa shape index (κ2) is 6.33. The van der Waals surface area contributed by atoms with E-state index in [0.29, 0.717) is 11.3 Å². The lowest BCUT2D eigenvalue weighted by atomic mass is 9.67. The molecule has 0 aromatic carbocycles. The normalized spacial score (nSPS) is 36.5. The minimum atomic E-state index is 0.282. The standard InChI is InChI=1S/C17H34N2O/c1-16(2,3)15-5-8-17(13-18,9-6-15)19-10-7-14(11-19)12-20-4/h14-15H,5-13,18H2,1-4H3. The molecule has 1 aliphatic heterocycles. The number of hydrogen-bond donors (Lipinski definition) is 1. The summed E-state index contributed by atoms with van der Waals surface area (Å²) in [5.74, 6) is 1.57. The summed E-state index contributed by atoms with van der Waals surface area (Å²) in [6, 6.07) is 0. The van der Waals surface area contributed by atoms with E-state index in [0.717, 1.165) is 19.1 Å². The summed E-state index contributed by atoms with van der Waals surface area (Å²) in [4.78, 5) is 2.69. The zero-order chi connectivity index (χ0) is 14.8. The molecule has 1 saturated heterocycles. The third-order valence-electron chi connectivity index (χ3n) is 5.88. The average molecular weight is 282 g/mol. The summed E-state index contributed by atoms with van der Waals surface area (Å²) in [5.41, 5.74) is 6.95. The Labute approximate surface area is 125 Å². The minimum Gasteiger partial charge on any atom is -0.384 e. The van der Waals surface area contributed by atoms with Crippen molar-refractivity contribution >= 4 is 0 Å². The average Bonchev–Trinajstić information content (AvgIpc) is 2.87. The maximum atomic E-state index is 6.22. The molecule has 1 heterocycles. The van der Waals surface area contributed by atoms with E-state index < -0.39 is 0 Å². The van der Waals surface area contributed by atoms with Crippen molar-refractivity contribution in [1.82, 2.24) is 4.90 Å². The van der Waals surface area contributed by atoms with Crippen LogP contribution in [0, 0.1) is 17.3 Å². The van der Waals surface area contributed by atoms with Crippen molar-refractivity contribution in [2.75, 3.05) is 33.4 Å². The second-order valence-corrected chi connectivity index (χ2v) is 8.12. The summed E-state index contributed by atoms with van der Waals surface area (Å²) < 4.78 is 5.33. The lowest BCUT2D eigenvalue weighted by Gasteiger charge is -2.48. The van der Waals surface area contributed by atoms with Crippen molar-refractivity contribution in [3.63, 3.8) is 0 Å². The molecular weight excluding hydrogens is 248 g/mol. The molecule has 1 atom stereocenters. The van der Waals surface area contributed by atoms with Gasteiger partial charge in [-0.25, -0.2) is 0 Å². The highest BCUT2D eigenvalue weighted by molar-refractivity contribution is 4.99. The molecule has 0 radical (unpaired) electrons. The molecule has 2 fully saturated rings. The van der Waals surface area contributed by atoms with Gasteiger partial charge >= 0.3 is 0 Å². The summed E-state index contributed by atoms with van der Waals surface area (Å²) in [6.07, 6.45) is 6.52. The topological polar surface area (TPSA) is 38.5 Å². The number of hydrogen-bond acceptors (Lipinski definition) is 3. The van der Waals surface area contributed by atoms with Crippen molar-refractivity contribution in [2.24, 2.45) is 23.0 Å². The Kier molecular flexibility index (Phi) is 5.14. The monoisotopic (exact) mass is 282 g/mol. The molecule has 0 aromatic heterocycles. The van der Waals surface area contributed by atoms with Gasteiger partial charge in [-0.1, -0.05) is 20.8 Å². The number of nitrogens with two attached hydrogens (primary N) is 1. The molecule has 2 rings (SSSR count). The van der Waals surface area contributed by atoms with Crippen molar-refractivity contribution in [3.8, 4) is 0 Å². The van der Waals surface area contributed by atoms with Crippen LogP contribution in [0.4, 0.5) is 0 Å². The predicted octanol–water partition coefficient (Wildman–Crippen LogP) is 2.89. The first kappa shape index (κ1) is 16.3. The van der Waals surface area contributed by atoms with E-state index in [1.54, 1.807) is 0 Å². The molecule has 1 aliphatic carbocycles. The maximum Gasteiger partial charge on any atom is 0.0503 e. The maximum absolute atomic E-state index is 6.22. The van der Waals surface area contributed by atoms with Gasteiger partial charge in [0, 0.05) is 25.7 Å². The molecule has 2 aliphatic rings. The first-order valence-corrected chi connectivity index (χ1v) is 8.35. The van der Waals surface area contributed by atoms with Crippen molar-refractivity contribution in [3.05, 3.63) is 0 Å². The highest BCUT2D eigenvalue weighted by Gasteiger charge is 2.43. The Morgan fingerprint density at radius 2 is 1.85 bits per heavy atom. The predicted molar refractivity (Wildman–Crippen MR) is 84.8 cm³/mol. The quantitative estimate of drug-likeness (QED) is 0.861. The van der Waals surface area contributed by atoms with Crippen molar-refractivity contribution < 1.29 is 4.74 Å². The molecule has 2 N–H and O–H groups in total. The first-order chi connectivity index (χ1) is 9.41. The van der Waals surface area contributed by atoms with Crippen LogP contribution in [0.15, 0.2) is 0 Å². The Hall–Kier alpha value is -0.120. The fraction of sp³-hybridized carbons (Fsp3) is 1.00. The van der Waals surface area contributed by atoms with Crippen LogP contribution in [0.25, 0.3) is 0 Å². The number of methoxy groups -OCH3 is 1. The van der Waals surface area contributed by atoms with E-state index in [4.69, 9.17) is 10.5 Å². The van der Waals surface area contributed by atoms with Gasteiger partial charge < -0.3 is 10.5 Å². The van der Waals surface area contributed by atoms with Gasteiger partial charge in [0.1, 0.15) is 0 Å². The van der Waals surface area contributed by atoms with Crippen LogP contribution in [0.3, 0.4) is 0 Å². The van der Waals surface area contributed by atoms with Crippen LogP contribution in [-0.4, -0.2) is 43.8 Å². The van der Waals surface area contributed by atoms with Gasteiger partial charge in [-0.15, -0.1) is 0 Å². The Bertz CT molecular complexity index is 303. The van der Waals surface area contributed by atoms with E-state index in [1.807, 2.05) is 7.11 Å².